The maximum Gasteiger partial charge on any atom is 0.317 e. The smallest absolute Gasteiger partial charge is 0.317 e. The molecule has 29 heavy (non-hydrogen) atoms. The summed E-state index contributed by atoms with van der Waals surface area (Å²) in [5, 5.41) is 5.93. The second-order valence-electron chi connectivity index (χ2n) is 7.95. The van der Waals surface area contributed by atoms with Crippen molar-refractivity contribution < 1.29 is 14.4 Å². The SMILES string of the molecule is CCCNC(=O)C1CCN(C(=O)NCc2cccc(CN3CCCC3=O)c2)CC1. The highest BCUT2D eigenvalue weighted by Crippen LogP contribution is 2.18. The van der Waals surface area contributed by atoms with Crippen LogP contribution in [0.3, 0.4) is 0 Å². The Morgan fingerprint density at radius 3 is 2.55 bits per heavy atom. The second-order valence-corrected chi connectivity index (χ2v) is 7.95. The molecule has 2 N–H and O–H groups in total. The molecule has 0 unspecified atom stereocenters. The minimum atomic E-state index is -0.0856. The van der Waals surface area contributed by atoms with E-state index in [2.05, 4.69) is 16.7 Å². The fraction of sp³-hybridized carbons (Fsp3) is 0.591. The average Bonchev–Trinajstić information content (AvgIpc) is 3.15. The molecule has 7 heteroatoms. The molecule has 1 aromatic rings. The number of hydrogen-bond donors (Lipinski definition) is 2. The van der Waals surface area contributed by atoms with E-state index in [-0.39, 0.29) is 23.8 Å². The number of hydrogen-bond acceptors (Lipinski definition) is 3. The zero-order valence-electron chi connectivity index (χ0n) is 17.3. The Balaban J connectivity index is 1.43. The molecule has 4 amide bonds. The van der Waals surface area contributed by atoms with Crippen molar-refractivity contribution in [1.82, 2.24) is 20.4 Å². The van der Waals surface area contributed by atoms with Gasteiger partial charge in [-0.1, -0.05) is 31.2 Å². The summed E-state index contributed by atoms with van der Waals surface area (Å²) in [7, 11) is 0. The van der Waals surface area contributed by atoms with Crippen LogP contribution in [0.1, 0.15) is 50.2 Å². The topological polar surface area (TPSA) is 81.8 Å². The number of urea groups is 1. The van der Waals surface area contributed by atoms with Gasteiger partial charge in [-0.05, 0) is 36.8 Å². The summed E-state index contributed by atoms with van der Waals surface area (Å²) in [5.74, 6) is 0.339. The number of benzene rings is 1. The number of nitrogens with zero attached hydrogens (tertiary/aromatic N) is 2. The van der Waals surface area contributed by atoms with E-state index in [4.69, 9.17) is 0 Å². The highest BCUT2D eigenvalue weighted by molar-refractivity contribution is 5.79. The van der Waals surface area contributed by atoms with E-state index in [0.29, 0.717) is 52.0 Å². The molecule has 158 valence electrons. The summed E-state index contributed by atoms with van der Waals surface area (Å²) in [5.41, 5.74) is 2.11. The van der Waals surface area contributed by atoms with Gasteiger partial charge in [0.25, 0.3) is 0 Å². The third-order valence-corrected chi connectivity index (χ3v) is 5.68. The number of rotatable bonds is 7. The normalized spacial score (nSPS) is 17.5. The van der Waals surface area contributed by atoms with Crippen LogP contribution in [0, 0.1) is 5.92 Å². The van der Waals surface area contributed by atoms with Crippen molar-refractivity contribution >= 4 is 17.8 Å². The summed E-state index contributed by atoms with van der Waals surface area (Å²) in [6.45, 7) is 5.87. The van der Waals surface area contributed by atoms with Crippen molar-refractivity contribution in [2.45, 2.75) is 52.1 Å². The molecule has 7 nitrogen and oxygen atoms in total. The number of likely N-dealkylation sites (tertiary alicyclic amines) is 2. The molecule has 2 aliphatic rings. The molecule has 0 saturated carbocycles. The van der Waals surface area contributed by atoms with Gasteiger partial charge >= 0.3 is 6.03 Å². The van der Waals surface area contributed by atoms with Crippen molar-refractivity contribution in [1.29, 1.82) is 0 Å². The first kappa shape index (κ1) is 21.1. The quantitative estimate of drug-likeness (QED) is 0.737. The van der Waals surface area contributed by atoms with Crippen LogP contribution in [-0.2, 0) is 22.7 Å². The lowest BCUT2D eigenvalue weighted by atomic mass is 9.96. The van der Waals surface area contributed by atoms with Crippen LogP contribution < -0.4 is 10.6 Å². The summed E-state index contributed by atoms with van der Waals surface area (Å²) in [6.07, 6.45) is 3.94. The van der Waals surface area contributed by atoms with Crippen LogP contribution in [0.4, 0.5) is 4.79 Å². The first-order chi connectivity index (χ1) is 14.1. The monoisotopic (exact) mass is 400 g/mol. The van der Waals surface area contributed by atoms with Crippen LogP contribution >= 0.6 is 0 Å². The van der Waals surface area contributed by atoms with Gasteiger partial charge in [-0.25, -0.2) is 4.79 Å². The fourth-order valence-electron chi connectivity index (χ4n) is 3.96. The predicted octanol–water partition coefficient (Wildman–Crippen LogP) is 2.26. The minimum Gasteiger partial charge on any atom is -0.356 e. The van der Waals surface area contributed by atoms with Gasteiger partial charge in [0.1, 0.15) is 0 Å². The molecule has 0 aliphatic carbocycles. The van der Waals surface area contributed by atoms with Crippen molar-refractivity contribution in [2.75, 3.05) is 26.2 Å². The number of amides is 4. The Morgan fingerprint density at radius 2 is 1.86 bits per heavy atom. The van der Waals surface area contributed by atoms with Gasteiger partial charge < -0.3 is 20.4 Å². The van der Waals surface area contributed by atoms with Crippen molar-refractivity contribution in [3.05, 3.63) is 35.4 Å². The predicted molar refractivity (Wildman–Crippen MR) is 111 cm³/mol. The Kier molecular flexibility index (Phi) is 7.49. The molecule has 0 aromatic heterocycles. The van der Waals surface area contributed by atoms with E-state index >= 15 is 0 Å². The first-order valence-corrected chi connectivity index (χ1v) is 10.7. The lowest BCUT2D eigenvalue weighted by Gasteiger charge is -2.31. The van der Waals surface area contributed by atoms with E-state index in [9.17, 15) is 14.4 Å². The molecule has 0 radical (unpaired) electrons. The van der Waals surface area contributed by atoms with E-state index in [1.54, 1.807) is 4.90 Å². The molecule has 3 rings (SSSR count). The third kappa shape index (κ3) is 5.95. The van der Waals surface area contributed by atoms with E-state index in [0.717, 1.165) is 30.5 Å². The van der Waals surface area contributed by atoms with Gasteiger partial charge in [0, 0.05) is 51.6 Å². The minimum absolute atomic E-state index is 0.00980. The van der Waals surface area contributed by atoms with Crippen LogP contribution in [0.15, 0.2) is 24.3 Å². The molecule has 0 atom stereocenters. The van der Waals surface area contributed by atoms with Crippen molar-refractivity contribution in [2.24, 2.45) is 5.92 Å². The Bertz CT molecular complexity index is 729. The summed E-state index contributed by atoms with van der Waals surface area (Å²) < 4.78 is 0. The largest absolute Gasteiger partial charge is 0.356 e. The van der Waals surface area contributed by atoms with Gasteiger partial charge in [-0.3, -0.25) is 9.59 Å². The fourth-order valence-corrected chi connectivity index (χ4v) is 3.96. The van der Waals surface area contributed by atoms with E-state index in [1.165, 1.54) is 0 Å². The van der Waals surface area contributed by atoms with Gasteiger partial charge in [-0.2, -0.15) is 0 Å². The van der Waals surface area contributed by atoms with Crippen LogP contribution in [0.2, 0.25) is 0 Å². The van der Waals surface area contributed by atoms with Gasteiger partial charge in [0.2, 0.25) is 11.8 Å². The molecule has 2 saturated heterocycles. The molecule has 2 fully saturated rings. The first-order valence-electron chi connectivity index (χ1n) is 10.7. The summed E-state index contributed by atoms with van der Waals surface area (Å²) in [6, 6.07) is 7.94. The summed E-state index contributed by atoms with van der Waals surface area (Å²) in [4.78, 5) is 40.0. The van der Waals surface area contributed by atoms with Crippen LogP contribution in [0.5, 0.6) is 0 Å². The number of carbonyl (C=O) groups excluding carboxylic acids is 3. The number of nitrogens with one attached hydrogen (secondary N) is 2. The molecule has 0 spiro atoms. The van der Waals surface area contributed by atoms with Gasteiger partial charge in [0.05, 0.1) is 0 Å². The Labute approximate surface area is 172 Å². The maximum absolute atomic E-state index is 12.5. The zero-order chi connectivity index (χ0) is 20.6. The van der Waals surface area contributed by atoms with Crippen molar-refractivity contribution in [3.63, 3.8) is 0 Å². The second kappa shape index (κ2) is 10.3. The van der Waals surface area contributed by atoms with E-state index in [1.807, 2.05) is 30.0 Å². The standard InChI is InChI=1S/C22H32N4O3/c1-2-10-23-21(28)19-8-12-25(13-9-19)22(29)24-15-17-5-3-6-18(14-17)16-26-11-4-7-20(26)27/h3,5-6,14,19H,2,4,7-13,15-16H2,1H3,(H,23,28)(H,24,29). The van der Waals surface area contributed by atoms with Gasteiger partial charge in [0.15, 0.2) is 0 Å². The number of carbonyl (C=O) groups is 3. The Morgan fingerprint density at radius 1 is 1.10 bits per heavy atom. The molecule has 1 aromatic carbocycles. The summed E-state index contributed by atoms with van der Waals surface area (Å²) >= 11 is 0. The molecular formula is C22H32N4O3. The van der Waals surface area contributed by atoms with E-state index < -0.39 is 0 Å². The van der Waals surface area contributed by atoms with Crippen LogP contribution in [0.25, 0.3) is 0 Å². The highest BCUT2D eigenvalue weighted by atomic mass is 16.2. The maximum atomic E-state index is 12.5. The van der Waals surface area contributed by atoms with Crippen LogP contribution in [-0.4, -0.2) is 53.8 Å². The lowest BCUT2D eigenvalue weighted by Crippen LogP contribution is -2.46. The molecule has 2 aliphatic heterocycles. The zero-order valence-corrected chi connectivity index (χ0v) is 17.3. The molecular weight excluding hydrogens is 368 g/mol. The molecule has 2 heterocycles. The number of piperidine rings is 1. The van der Waals surface area contributed by atoms with Gasteiger partial charge in [-0.15, -0.1) is 0 Å². The third-order valence-electron chi connectivity index (χ3n) is 5.68. The Hall–Kier alpha value is -2.57. The molecule has 0 bridgehead atoms. The highest BCUT2D eigenvalue weighted by Gasteiger charge is 2.27. The average molecular weight is 401 g/mol. The van der Waals surface area contributed by atoms with Crippen molar-refractivity contribution in [3.8, 4) is 0 Å². The lowest BCUT2D eigenvalue weighted by molar-refractivity contribution is -0.128.